The predicted octanol–water partition coefficient (Wildman–Crippen LogP) is 3.07. The van der Waals surface area contributed by atoms with Crippen LogP contribution in [0, 0.1) is 6.92 Å². The highest BCUT2D eigenvalue weighted by Crippen LogP contribution is 2.29. The van der Waals surface area contributed by atoms with Crippen molar-refractivity contribution in [3.8, 4) is 11.5 Å². The van der Waals surface area contributed by atoms with Gasteiger partial charge in [0.1, 0.15) is 0 Å². The van der Waals surface area contributed by atoms with Crippen molar-refractivity contribution in [1.82, 2.24) is 10.9 Å². The van der Waals surface area contributed by atoms with Crippen LogP contribution in [0.25, 0.3) is 0 Å². The summed E-state index contributed by atoms with van der Waals surface area (Å²) in [7, 11) is 0. The molecule has 0 saturated heterocycles. The van der Waals surface area contributed by atoms with Gasteiger partial charge < -0.3 is 9.47 Å². The molecule has 2 rings (SSSR count). The first-order valence-corrected chi connectivity index (χ1v) is 7.79. The fourth-order valence-corrected chi connectivity index (χ4v) is 2.07. The van der Waals surface area contributed by atoms with E-state index in [-0.39, 0.29) is 23.7 Å². The zero-order valence-corrected chi connectivity index (χ0v) is 14.2. The third-order valence-electron chi connectivity index (χ3n) is 3.33. The highest BCUT2D eigenvalue weighted by Gasteiger charge is 2.15. The molecule has 6 nitrogen and oxygen atoms in total. The molecule has 0 saturated carbocycles. The molecule has 2 aromatic rings. The molecule has 26 heavy (non-hydrogen) atoms. The maximum atomic E-state index is 12.4. The van der Waals surface area contributed by atoms with Crippen LogP contribution in [0.1, 0.15) is 33.2 Å². The molecule has 0 aliphatic rings. The van der Waals surface area contributed by atoms with E-state index in [0.717, 1.165) is 5.56 Å². The van der Waals surface area contributed by atoms with Crippen LogP contribution in [0.3, 0.4) is 0 Å². The molecule has 0 atom stereocenters. The monoisotopic (exact) mass is 364 g/mol. The van der Waals surface area contributed by atoms with Crippen molar-refractivity contribution in [3.63, 3.8) is 0 Å². The fraction of sp³-hybridized carbons (Fsp3) is 0.222. The number of ether oxygens (including phenoxy) is 2. The summed E-state index contributed by atoms with van der Waals surface area (Å²) in [6, 6.07) is 10.5. The van der Waals surface area contributed by atoms with Gasteiger partial charge in [0.25, 0.3) is 11.8 Å². The van der Waals surface area contributed by atoms with Gasteiger partial charge in [-0.25, -0.2) is 0 Å². The van der Waals surface area contributed by atoms with Gasteiger partial charge in [-0.3, -0.25) is 20.4 Å². The normalized spacial score (nSPS) is 10.3. The molecule has 8 heteroatoms. The van der Waals surface area contributed by atoms with E-state index in [2.05, 4.69) is 15.6 Å². The smallest absolute Gasteiger partial charge is 0.387 e. The number of hydrazine groups is 1. The molecule has 2 amide bonds. The maximum Gasteiger partial charge on any atom is 0.387 e. The summed E-state index contributed by atoms with van der Waals surface area (Å²) in [5.41, 5.74) is 6.03. The van der Waals surface area contributed by atoms with Crippen molar-refractivity contribution in [3.05, 3.63) is 59.2 Å². The molecule has 0 heterocycles. The summed E-state index contributed by atoms with van der Waals surface area (Å²) in [5.74, 6) is -1.29. The Bertz CT molecular complexity index is 779. The summed E-state index contributed by atoms with van der Waals surface area (Å²) < 4.78 is 34.3. The summed E-state index contributed by atoms with van der Waals surface area (Å²) in [4.78, 5) is 24.1. The van der Waals surface area contributed by atoms with Crippen LogP contribution in [-0.4, -0.2) is 25.0 Å². The van der Waals surface area contributed by atoms with E-state index in [4.69, 9.17) is 4.74 Å². The lowest BCUT2D eigenvalue weighted by Gasteiger charge is -2.13. The van der Waals surface area contributed by atoms with E-state index >= 15 is 0 Å². The minimum absolute atomic E-state index is 0.00492. The van der Waals surface area contributed by atoms with Gasteiger partial charge in [0.15, 0.2) is 11.5 Å². The number of hydrogen-bond acceptors (Lipinski definition) is 4. The van der Waals surface area contributed by atoms with Gasteiger partial charge in [0.2, 0.25) is 0 Å². The largest absolute Gasteiger partial charge is 0.490 e. The lowest BCUT2D eigenvalue weighted by Crippen LogP contribution is -2.41. The number of alkyl halides is 2. The maximum absolute atomic E-state index is 12.4. The Balaban J connectivity index is 2.05. The fourth-order valence-electron chi connectivity index (χ4n) is 2.07. The second-order valence-corrected chi connectivity index (χ2v) is 5.25. The van der Waals surface area contributed by atoms with Crippen LogP contribution in [0.4, 0.5) is 8.78 Å². The van der Waals surface area contributed by atoms with Crippen LogP contribution in [-0.2, 0) is 0 Å². The Morgan fingerprint density at radius 1 is 0.962 bits per heavy atom. The van der Waals surface area contributed by atoms with Crippen LogP contribution in [0.5, 0.6) is 11.5 Å². The van der Waals surface area contributed by atoms with Gasteiger partial charge in [-0.2, -0.15) is 8.78 Å². The third-order valence-corrected chi connectivity index (χ3v) is 3.33. The highest BCUT2D eigenvalue weighted by molar-refractivity contribution is 5.99. The number of nitrogens with one attached hydrogen (secondary N) is 2. The number of carbonyl (C=O) groups excluding carboxylic acids is 2. The molecular weight excluding hydrogens is 346 g/mol. The van der Waals surface area contributed by atoms with Crippen LogP contribution in [0.2, 0.25) is 0 Å². The third kappa shape index (κ3) is 5.17. The van der Waals surface area contributed by atoms with E-state index < -0.39 is 18.4 Å². The summed E-state index contributed by atoms with van der Waals surface area (Å²) >= 11 is 0. The van der Waals surface area contributed by atoms with Gasteiger partial charge in [-0.05, 0) is 44.2 Å². The van der Waals surface area contributed by atoms with Gasteiger partial charge >= 0.3 is 6.61 Å². The summed E-state index contributed by atoms with van der Waals surface area (Å²) in [6.07, 6.45) is 0. The van der Waals surface area contributed by atoms with E-state index in [1.807, 2.05) is 6.92 Å². The average molecular weight is 364 g/mol. The molecular formula is C18H18F2N2O4. The lowest BCUT2D eigenvalue weighted by molar-refractivity contribution is -0.0514. The Kier molecular flexibility index (Phi) is 6.48. The molecule has 0 bridgehead atoms. The zero-order valence-electron chi connectivity index (χ0n) is 14.2. The van der Waals surface area contributed by atoms with Crippen molar-refractivity contribution < 1.29 is 27.8 Å². The molecule has 0 unspecified atom stereocenters. The Hall–Kier alpha value is -3.16. The number of halogens is 2. The molecule has 2 N–H and O–H groups in total. The van der Waals surface area contributed by atoms with Gasteiger partial charge in [0, 0.05) is 11.1 Å². The van der Waals surface area contributed by atoms with Crippen molar-refractivity contribution in [2.24, 2.45) is 0 Å². The summed E-state index contributed by atoms with van der Waals surface area (Å²) in [6.45, 7) is 0.749. The Morgan fingerprint density at radius 2 is 1.54 bits per heavy atom. The van der Waals surface area contributed by atoms with Crippen molar-refractivity contribution in [2.75, 3.05) is 6.61 Å². The quantitative estimate of drug-likeness (QED) is 0.773. The van der Waals surface area contributed by atoms with E-state index in [9.17, 15) is 18.4 Å². The Labute approximate surface area is 149 Å². The van der Waals surface area contributed by atoms with Crippen LogP contribution >= 0.6 is 0 Å². The first-order chi connectivity index (χ1) is 12.4. The molecule has 0 radical (unpaired) electrons. The highest BCUT2D eigenvalue weighted by atomic mass is 19.3. The topological polar surface area (TPSA) is 76.7 Å². The SMILES string of the molecule is CCOc1cc(C(=O)NNC(=O)c2ccc(C)cc2)ccc1OC(F)F. The molecule has 2 aromatic carbocycles. The van der Waals surface area contributed by atoms with E-state index in [0.29, 0.717) is 5.56 Å². The molecule has 0 fully saturated rings. The average Bonchev–Trinajstić information content (AvgIpc) is 2.61. The zero-order chi connectivity index (χ0) is 19.1. The number of benzene rings is 2. The van der Waals surface area contributed by atoms with Crippen LogP contribution in [0.15, 0.2) is 42.5 Å². The van der Waals surface area contributed by atoms with Gasteiger partial charge in [0.05, 0.1) is 6.61 Å². The second-order valence-electron chi connectivity index (χ2n) is 5.25. The van der Waals surface area contributed by atoms with Crippen molar-refractivity contribution >= 4 is 11.8 Å². The lowest BCUT2D eigenvalue weighted by atomic mass is 10.1. The minimum atomic E-state index is -3.01. The number of hydrogen-bond donors (Lipinski definition) is 2. The number of rotatable bonds is 6. The molecule has 0 spiro atoms. The minimum Gasteiger partial charge on any atom is -0.490 e. The standard InChI is InChI=1S/C18H18F2N2O4/c1-3-25-15-10-13(8-9-14(15)26-18(19)20)17(24)22-21-16(23)12-6-4-11(2)5-7-12/h4-10,18H,3H2,1-2H3,(H,21,23)(H,22,24). The summed E-state index contributed by atoms with van der Waals surface area (Å²) in [5, 5.41) is 0. The van der Waals surface area contributed by atoms with Crippen LogP contribution < -0.4 is 20.3 Å². The van der Waals surface area contributed by atoms with E-state index in [1.54, 1.807) is 31.2 Å². The molecule has 138 valence electrons. The Morgan fingerprint density at radius 3 is 2.12 bits per heavy atom. The molecule has 0 aromatic heterocycles. The molecule has 0 aliphatic heterocycles. The first-order valence-electron chi connectivity index (χ1n) is 7.79. The number of aryl methyl sites for hydroxylation is 1. The predicted molar refractivity (Wildman–Crippen MR) is 90.4 cm³/mol. The number of carbonyl (C=O) groups is 2. The molecule has 0 aliphatic carbocycles. The van der Waals surface area contributed by atoms with E-state index in [1.165, 1.54) is 18.2 Å². The number of amides is 2. The van der Waals surface area contributed by atoms with Crippen molar-refractivity contribution in [1.29, 1.82) is 0 Å². The van der Waals surface area contributed by atoms with Gasteiger partial charge in [-0.15, -0.1) is 0 Å². The van der Waals surface area contributed by atoms with Gasteiger partial charge in [-0.1, -0.05) is 17.7 Å². The second kappa shape index (κ2) is 8.80. The van der Waals surface area contributed by atoms with Crippen molar-refractivity contribution in [2.45, 2.75) is 20.5 Å². The first kappa shape index (κ1) is 19.2.